The number of ether oxygens (including phenoxy) is 4. The average Bonchev–Trinajstić information content (AvgIpc) is 2.83. The average molecular weight is 468 g/mol. The van der Waals surface area contributed by atoms with Crippen LogP contribution in [-0.2, 0) is 22.7 Å². The standard InChI is InChI=1S/C22H16N2O10/c25-21(31-13-15-5-9-17(10-6-15)23(27)28)33-19-3-1-2-4-20(19)34-22(26)32-14-16-7-11-18(12-8-16)24(29)30/h1-12H,13-14H2. The molecule has 0 spiro atoms. The van der Waals surface area contributed by atoms with Gasteiger partial charge < -0.3 is 18.9 Å². The van der Waals surface area contributed by atoms with Gasteiger partial charge in [-0.1, -0.05) is 12.1 Å². The molecule has 0 heterocycles. The third-order valence-electron chi connectivity index (χ3n) is 4.24. The summed E-state index contributed by atoms with van der Waals surface area (Å²) in [6.07, 6.45) is -2.18. The molecule has 0 saturated carbocycles. The van der Waals surface area contributed by atoms with Crippen LogP contribution in [0.2, 0.25) is 0 Å². The van der Waals surface area contributed by atoms with E-state index >= 15 is 0 Å². The minimum atomic E-state index is -1.09. The monoisotopic (exact) mass is 468 g/mol. The van der Waals surface area contributed by atoms with Crippen LogP contribution in [0.4, 0.5) is 21.0 Å². The second kappa shape index (κ2) is 11.0. The van der Waals surface area contributed by atoms with Crippen LogP contribution in [0.1, 0.15) is 11.1 Å². The number of nitro groups is 2. The van der Waals surface area contributed by atoms with E-state index in [1.165, 1.54) is 72.8 Å². The highest BCUT2D eigenvalue weighted by Gasteiger charge is 2.16. The van der Waals surface area contributed by atoms with Gasteiger partial charge in [-0.25, -0.2) is 9.59 Å². The lowest BCUT2D eigenvalue weighted by Crippen LogP contribution is -2.14. The zero-order chi connectivity index (χ0) is 24.5. The summed E-state index contributed by atoms with van der Waals surface area (Å²) >= 11 is 0. The van der Waals surface area contributed by atoms with E-state index in [9.17, 15) is 29.8 Å². The normalized spacial score (nSPS) is 10.1. The van der Waals surface area contributed by atoms with Gasteiger partial charge in [0.05, 0.1) is 9.85 Å². The van der Waals surface area contributed by atoms with Crippen molar-refractivity contribution in [3.8, 4) is 11.5 Å². The fraction of sp³-hybridized carbons (Fsp3) is 0.0909. The molecule has 0 unspecified atom stereocenters. The summed E-state index contributed by atoms with van der Waals surface area (Å²) in [7, 11) is 0. The van der Waals surface area contributed by atoms with Crippen molar-refractivity contribution in [3.63, 3.8) is 0 Å². The number of benzene rings is 3. The minimum absolute atomic E-state index is 0.0992. The maximum Gasteiger partial charge on any atom is 0.514 e. The molecule has 12 nitrogen and oxygen atoms in total. The summed E-state index contributed by atoms with van der Waals surface area (Å²) in [6, 6.07) is 16.6. The van der Waals surface area contributed by atoms with E-state index in [2.05, 4.69) is 0 Å². The fourth-order valence-corrected chi connectivity index (χ4v) is 2.57. The largest absolute Gasteiger partial charge is 0.514 e. The summed E-state index contributed by atoms with van der Waals surface area (Å²) in [5.41, 5.74) is 0.805. The SMILES string of the molecule is O=C(OCc1ccc([N+](=O)[O-])cc1)Oc1ccccc1OC(=O)OCc1ccc([N+](=O)[O-])cc1. The predicted octanol–water partition coefficient (Wildman–Crippen LogP) is 4.93. The second-order valence-corrected chi connectivity index (χ2v) is 6.58. The van der Waals surface area contributed by atoms with Gasteiger partial charge in [0, 0.05) is 24.3 Å². The number of para-hydroxylation sites is 2. The Bertz CT molecular complexity index is 1100. The molecular weight excluding hydrogens is 452 g/mol. The van der Waals surface area contributed by atoms with E-state index in [4.69, 9.17) is 18.9 Å². The van der Waals surface area contributed by atoms with Gasteiger partial charge in [0.1, 0.15) is 13.2 Å². The predicted molar refractivity (Wildman–Crippen MR) is 114 cm³/mol. The molecule has 0 N–H and O–H groups in total. The first-order chi connectivity index (χ1) is 16.3. The van der Waals surface area contributed by atoms with Gasteiger partial charge in [-0.2, -0.15) is 0 Å². The van der Waals surface area contributed by atoms with E-state index in [-0.39, 0.29) is 36.1 Å². The molecule has 12 heteroatoms. The Labute approximate surface area is 191 Å². The zero-order valence-corrected chi connectivity index (χ0v) is 17.3. The number of hydrogen-bond donors (Lipinski definition) is 0. The van der Waals surface area contributed by atoms with Crippen molar-refractivity contribution in [2.75, 3.05) is 0 Å². The maximum atomic E-state index is 12.0. The Balaban J connectivity index is 1.52. The molecule has 3 aromatic rings. The molecule has 3 aromatic carbocycles. The number of nitrogens with zero attached hydrogens (tertiary/aromatic N) is 2. The zero-order valence-electron chi connectivity index (χ0n) is 17.3. The molecule has 0 saturated heterocycles. The Morgan fingerprint density at radius 3 is 1.29 bits per heavy atom. The molecular formula is C22H16N2O10. The summed E-state index contributed by atoms with van der Waals surface area (Å²) < 4.78 is 20.1. The molecule has 0 fully saturated rings. The molecule has 0 radical (unpaired) electrons. The molecule has 0 amide bonds. The summed E-state index contributed by atoms with van der Waals surface area (Å²) in [5, 5.41) is 21.3. The molecule has 3 rings (SSSR count). The highest BCUT2D eigenvalue weighted by atomic mass is 16.7. The Kier molecular flexibility index (Phi) is 7.68. The van der Waals surface area contributed by atoms with Crippen LogP contribution in [-0.4, -0.2) is 22.2 Å². The van der Waals surface area contributed by atoms with Crippen LogP contribution in [0.15, 0.2) is 72.8 Å². The van der Waals surface area contributed by atoms with Crippen molar-refractivity contribution in [1.29, 1.82) is 0 Å². The Morgan fingerprint density at radius 1 is 0.618 bits per heavy atom. The molecule has 0 aromatic heterocycles. The van der Waals surface area contributed by atoms with Crippen LogP contribution in [0, 0.1) is 20.2 Å². The first-order valence-electron chi connectivity index (χ1n) is 9.57. The summed E-state index contributed by atoms with van der Waals surface area (Å²) in [4.78, 5) is 44.3. The van der Waals surface area contributed by atoms with Gasteiger partial charge in [-0.05, 0) is 47.5 Å². The quantitative estimate of drug-likeness (QED) is 0.192. The Hall–Kier alpha value is -5.00. The van der Waals surface area contributed by atoms with Crippen molar-refractivity contribution >= 4 is 23.7 Å². The van der Waals surface area contributed by atoms with Crippen molar-refractivity contribution in [1.82, 2.24) is 0 Å². The van der Waals surface area contributed by atoms with Crippen LogP contribution in [0.5, 0.6) is 11.5 Å². The van der Waals surface area contributed by atoms with Crippen molar-refractivity contribution in [2.24, 2.45) is 0 Å². The van der Waals surface area contributed by atoms with E-state index in [0.717, 1.165) is 0 Å². The third kappa shape index (κ3) is 6.75. The van der Waals surface area contributed by atoms with E-state index in [1.807, 2.05) is 0 Å². The maximum absolute atomic E-state index is 12.0. The van der Waals surface area contributed by atoms with Gasteiger partial charge in [-0.3, -0.25) is 20.2 Å². The van der Waals surface area contributed by atoms with Gasteiger partial charge >= 0.3 is 12.3 Å². The Morgan fingerprint density at radius 2 is 0.971 bits per heavy atom. The lowest BCUT2D eigenvalue weighted by Gasteiger charge is -2.11. The van der Waals surface area contributed by atoms with Crippen LogP contribution < -0.4 is 9.47 Å². The van der Waals surface area contributed by atoms with Crippen LogP contribution >= 0.6 is 0 Å². The number of carbonyl (C=O) groups is 2. The third-order valence-corrected chi connectivity index (χ3v) is 4.24. The van der Waals surface area contributed by atoms with E-state index in [1.54, 1.807) is 0 Å². The molecule has 174 valence electrons. The first kappa shape index (κ1) is 23.7. The van der Waals surface area contributed by atoms with E-state index < -0.39 is 22.2 Å². The number of rotatable bonds is 8. The molecule has 0 atom stereocenters. The highest BCUT2D eigenvalue weighted by Crippen LogP contribution is 2.27. The molecule has 0 aliphatic heterocycles. The van der Waals surface area contributed by atoms with Gasteiger partial charge in [0.2, 0.25) is 0 Å². The molecule has 0 bridgehead atoms. The smallest absolute Gasteiger partial charge is 0.429 e. The first-order valence-corrected chi connectivity index (χ1v) is 9.57. The van der Waals surface area contributed by atoms with Crippen molar-refractivity contribution in [3.05, 3.63) is 104 Å². The fourth-order valence-electron chi connectivity index (χ4n) is 2.57. The van der Waals surface area contributed by atoms with Gasteiger partial charge in [0.25, 0.3) is 11.4 Å². The summed E-state index contributed by atoms with van der Waals surface area (Å²) in [6.45, 7) is -0.395. The van der Waals surface area contributed by atoms with Crippen molar-refractivity contribution in [2.45, 2.75) is 13.2 Å². The van der Waals surface area contributed by atoms with Crippen molar-refractivity contribution < 1.29 is 38.4 Å². The van der Waals surface area contributed by atoms with Crippen LogP contribution in [0.25, 0.3) is 0 Å². The van der Waals surface area contributed by atoms with Gasteiger partial charge in [0.15, 0.2) is 11.5 Å². The molecule has 0 aliphatic carbocycles. The van der Waals surface area contributed by atoms with Crippen LogP contribution in [0.3, 0.4) is 0 Å². The highest BCUT2D eigenvalue weighted by molar-refractivity contribution is 5.69. The number of carbonyl (C=O) groups excluding carboxylic acids is 2. The van der Waals surface area contributed by atoms with Gasteiger partial charge in [-0.15, -0.1) is 0 Å². The molecule has 34 heavy (non-hydrogen) atoms. The lowest BCUT2D eigenvalue weighted by molar-refractivity contribution is -0.385. The number of nitro benzene ring substituents is 2. The number of hydrogen-bond acceptors (Lipinski definition) is 10. The molecule has 0 aliphatic rings. The topological polar surface area (TPSA) is 157 Å². The van der Waals surface area contributed by atoms with E-state index in [0.29, 0.717) is 11.1 Å². The summed E-state index contributed by atoms with van der Waals surface area (Å²) in [5.74, 6) is -0.216. The second-order valence-electron chi connectivity index (χ2n) is 6.58. The minimum Gasteiger partial charge on any atom is -0.429 e. The lowest BCUT2D eigenvalue weighted by atomic mass is 10.2. The number of non-ortho nitro benzene ring substituents is 2.